The van der Waals surface area contributed by atoms with Crippen LogP contribution in [0.15, 0.2) is 29.2 Å². The summed E-state index contributed by atoms with van der Waals surface area (Å²) in [6, 6.07) is 5.99. The number of carbonyl (C=O) groups is 1. The van der Waals surface area contributed by atoms with E-state index in [0.29, 0.717) is 5.56 Å². The van der Waals surface area contributed by atoms with Crippen molar-refractivity contribution in [1.29, 1.82) is 0 Å². The molecule has 0 heterocycles. The molecule has 0 aliphatic carbocycles. The Hall–Kier alpha value is -1.44. The summed E-state index contributed by atoms with van der Waals surface area (Å²) in [5, 5.41) is 7.72. The molecule has 1 unspecified atom stereocenters. The standard InChI is InChI=1S/C12H19N3O3S/c1-2-10(13)7-12(16)15-8-9-4-3-5-11(6-9)19(14,17)18/h3-6,10H,2,7-8,13H2,1H3,(H,15,16)(H2,14,17,18). The van der Waals surface area contributed by atoms with Crippen LogP contribution in [0, 0.1) is 0 Å². The minimum atomic E-state index is -3.72. The fraction of sp³-hybridized carbons (Fsp3) is 0.417. The van der Waals surface area contributed by atoms with Gasteiger partial charge in [0.2, 0.25) is 15.9 Å². The third-order valence-electron chi connectivity index (χ3n) is 2.69. The van der Waals surface area contributed by atoms with E-state index in [2.05, 4.69) is 5.32 Å². The Kier molecular flexibility index (Phi) is 5.46. The van der Waals surface area contributed by atoms with Gasteiger partial charge in [-0.05, 0) is 24.1 Å². The van der Waals surface area contributed by atoms with Gasteiger partial charge < -0.3 is 11.1 Å². The maximum atomic E-state index is 11.5. The van der Waals surface area contributed by atoms with Crippen LogP contribution in [0.1, 0.15) is 25.3 Å². The molecule has 0 aliphatic rings. The summed E-state index contributed by atoms with van der Waals surface area (Å²) in [4.78, 5) is 11.6. The Balaban J connectivity index is 2.62. The number of nitrogens with one attached hydrogen (secondary N) is 1. The Labute approximate surface area is 113 Å². The lowest BCUT2D eigenvalue weighted by Crippen LogP contribution is -2.30. The molecule has 0 aliphatic heterocycles. The molecule has 1 atom stereocenters. The van der Waals surface area contributed by atoms with Crippen LogP contribution in [0.2, 0.25) is 0 Å². The van der Waals surface area contributed by atoms with Crippen molar-refractivity contribution in [3.8, 4) is 0 Å². The van der Waals surface area contributed by atoms with Crippen LogP contribution in [-0.2, 0) is 21.4 Å². The Morgan fingerprint density at radius 2 is 2.11 bits per heavy atom. The molecule has 1 amide bonds. The zero-order chi connectivity index (χ0) is 14.5. The van der Waals surface area contributed by atoms with E-state index in [4.69, 9.17) is 10.9 Å². The molecular weight excluding hydrogens is 266 g/mol. The van der Waals surface area contributed by atoms with Gasteiger partial charge in [0.1, 0.15) is 0 Å². The lowest BCUT2D eigenvalue weighted by molar-refractivity contribution is -0.121. The normalized spacial score (nSPS) is 13.0. The van der Waals surface area contributed by atoms with E-state index in [9.17, 15) is 13.2 Å². The fourth-order valence-corrected chi connectivity index (χ4v) is 2.07. The van der Waals surface area contributed by atoms with Crippen molar-refractivity contribution < 1.29 is 13.2 Å². The molecule has 0 fully saturated rings. The van der Waals surface area contributed by atoms with Crippen molar-refractivity contribution in [2.45, 2.75) is 37.2 Å². The molecule has 0 aromatic heterocycles. The van der Waals surface area contributed by atoms with Gasteiger partial charge in [0.05, 0.1) is 4.90 Å². The summed E-state index contributed by atoms with van der Waals surface area (Å²) in [6.45, 7) is 2.16. The maximum absolute atomic E-state index is 11.5. The third kappa shape index (κ3) is 5.37. The maximum Gasteiger partial charge on any atom is 0.238 e. The number of amides is 1. The molecular formula is C12H19N3O3S. The predicted molar refractivity (Wildman–Crippen MR) is 72.5 cm³/mol. The van der Waals surface area contributed by atoms with Gasteiger partial charge >= 0.3 is 0 Å². The highest BCUT2D eigenvalue weighted by Gasteiger charge is 2.10. The second-order valence-corrected chi connectivity index (χ2v) is 5.90. The zero-order valence-corrected chi connectivity index (χ0v) is 11.6. The third-order valence-corrected chi connectivity index (χ3v) is 3.60. The van der Waals surface area contributed by atoms with Crippen molar-refractivity contribution >= 4 is 15.9 Å². The number of hydrogen-bond acceptors (Lipinski definition) is 4. The van der Waals surface area contributed by atoms with E-state index in [-0.39, 0.29) is 29.8 Å². The largest absolute Gasteiger partial charge is 0.352 e. The highest BCUT2D eigenvalue weighted by atomic mass is 32.2. The van der Waals surface area contributed by atoms with Crippen LogP contribution in [-0.4, -0.2) is 20.4 Å². The van der Waals surface area contributed by atoms with Crippen LogP contribution >= 0.6 is 0 Å². The number of sulfonamides is 1. The first kappa shape index (κ1) is 15.6. The average Bonchev–Trinajstić information content (AvgIpc) is 2.35. The van der Waals surface area contributed by atoms with Gasteiger partial charge in [-0.15, -0.1) is 0 Å². The summed E-state index contributed by atoms with van der Waals surface area (Å²) >= 11 is 0. The molecule has 1 rings (SSSR count). The Morgan fingerprint density at radius 3 is 2.68 bits per heavy atom. The molecule has 0 radical (unpaired) electrons. The number of carbonyl (C=O) groups excluding carboxylic acids is 1. The number of primary sulfonamides is 1. The SMILES string of the molecule is CCC(N)CC(=O)NCc1cccc(S(N)(=O)=O)c1. The monoisotopic (exact) mass is 285 g/mol. The molecule has 1 aromatic rings. The molecule has 19 heavy (non-hydrogen) atoms. The average molecular weight is 285 g/mol. The first-order valence-corrected chi connectivity index (χ1v) is 7.51. The first-order valence-electron chi connectivity index (χ1n) is 5.97. The Morgan fingerprint density at radius 1 is 1.42 bits per heavy atom. The summed E-state index contributed by atoms with van der Waals surface area (Å²) in [7, 11) is -3.72. The number of benzene rings is 1. The van der Waals surface area contributed by atoms with Gasteiger partial charge in [0, 0.05) is 19.0 Å². The quantitative estimate of drug-likeness (QED) is 0.686. The smallest absolute Gasteiger partial charge is 0.238 e. The lowest BCUT2D eigenvalue weighted by atomic mass is 10.1. The molecule has 0 bridgehead atoms. The molecule has 6 nitrogen and oxygen atoms in total. The molecule has 106 valence electrons. The summed E-state index contributed by atoms with van der Waals surface area (Å²) in [5.41, 5.74) is 6.34. The molecule has 0 saturated heterocycles. The minimum Gasteiger partial charge on any atom is -0.352 e. The van der Waals surface area contributed by atoms with Crippen molar-refractivity contribution in [3.05, 3.63) is 29.8 Å². The van der Waals surface area contributed by atoms with Crippen molar-refractivity contribution in [2.75, 3.05) is 0 Å². The zero-order valence-electron chi connectivity index (χ0n) is 10.8. The van der Waals surface area contributed by atoms with Gasteiger partial charge in [-0.25, -0.2) is 13.6 Å². The van der Waals surface area contributed by atoms with E-state index in [1.807, 2.05) is 6.92 Å². The van der Waals surface area contributed by atoms with E-state index < -0.39 is 10.0 Å². The summed E-state index contributed by atoms with van der Waals surface area (Å²) in [5.74, 6) is -0.157. The second-order valence-electron chi connectivity index (χ2n) is 4.34. The molecule has 7 heteroatoms. The highest BCUT2D eigenvalue weighted by Crippen LogP contribution is 2.09. The lowest BCUT2D eigenvalue weighted by Gasteiger charge is -2.09. The van der Waals surface area contributed by atoms with E-state index >= 15 is 0 Å². The molecule has 1 aromatic carbocycles. The first-order chi connectivity index (χ1) is 8.82. The minimum absolute atomic E-state index is 0.0320. The van der Waals surface area contributed by atoms with Gasteiger partial charge in [-0.3, -0.25) is 4.79 Å². The summed E-state index contributed by atoms with van der Waals surface area (Å²) < 4.78 is 22.4. The molecule has 5 N–H and O–H groups in total. The topological polar surface area (TPSA) is 115 Å². The second kappa shape index (κ2) is 6.65. The number of rotatable bonds is 6. The van der Waals surface area contributed by atoms with Crippen molar-refractivity contribution in [1.82, 2.24) is 5.32 Å². The van der Waals surface area contributed by atoms with Crippen LogP contribution in [0.5, 0.6) is 0 Å². The van der Waals surface area contributed by atoms with Crippen LogP contribution in [0.25, 0.3) is 0 Å². The highest BCUT2D eigenvalue weighted by molar-refractivity contribution is 7.89. The van der Waals surface area contributed by atoms with E-state index in [1.165, 1.54) is 12.1 Å². The molecule has 0 spiro atoms. The van der Waals surface area contributed by atoms with Crippen molar-refractivity contribution in [3.63, 3.8) is 0 Å². The van der Waals surface area contributed by atoms with Crippen molar-refractivity contribution in [2.24, 2.45) is 10.9 Å². The number of nitrogens with two attached hydrogens (primary N) is 2. The van der Waals surface area contributed by atoms with Crippen LogP contribution < -0.4 is 16.2 Å². The fourth-order valence-electron chi connectivity index (χ4n) is 1.49. The van der Waals surface area contributed by atoms with Gasteiger partial charge in [-0.2, -0.15) is 0 Å². The number of hydrogen-bond donors (Lipinski definition) is 3. The van der Waals surface area contributed by atoms with Crippen LogP contribution in [0.3, 0.4) is 0 Å². The van der Waals surface area contributed by atoms with E-state index in [1.54, 1.807) is 12.1 Å². The van der Waals surface area contributed by atoms with Gasteiger partial charge in [-0.1, -0.05) is 19.1 Å². The Bertz CT molecular complexity index is 543. The van der Waals surface area contributed by atoms with E-state index in [0.717, 1.165) is 6.42 Å². The summed E-state index contributed by atoms with van der Waals surface area (Å²) in [6.07, 6.45) is 0.986. The van der Waals surface area contributed by atoms with Crippen LogP contribution in [0.4, 0.5) is 0 Å². The van der Waals surface area contributed by atoms with Gasteiger partial charge in [0.25, 0.3) is 0 Å². The predicted octanol–water partition coefficient (Wildman–Crippen LogP) is 0.0776. The molecule has 0 saturated carbocycles. The van der Waals surface area contributed by atoms with Gasteiger partial charge in [0.15, 0.2) is 0 Å².